The average molecular weight is 336 g/mol. The summed E-state index contributed by atoms with van der Waals surface area (Å²) < 4.78 is 32.3. The van der Waals surface area contributed by atoms with Crippen molar-refractivity contribution in [1.29, 1.82) is 0 Å². The molecule has 22 heavy (non-hydrogen) atoms. The molecule has 0 aliphatic rings. The van der Waals surface area contributed by atoms with Crippen molar-refractivity contribution in [2.45, 2.75) is 4.90 Å². The van der Waals surface area contributed by atoms with E-state index in [2.05, 4.69) is 0 Å². The fourth-order valence-corrected chi connectivity index (χ4v) is 3.75. The monoisotopic (exact) mass is 335 g/mol. The number of benzene rings is 2. The number of aromatic nitrogens is 1. The van der Waals surface area contributed by atoms with Crippen molar-refractivity contribution in [3.63, 3.8) is 0 Å². The molecule has 4 nitrogen and oxygen atoms in total. The summed E-state index contributed by atoms with van der Waals surface area (Å²) >= 11 is 5.63. The molecule has 0 saturated heterocycles. The van der Waals surface area contributed by atoms with Gasteiger partial charge in [-0.05, 0) is 30.3 Å². The van der Waals surface area contributed by atoms with Crippen molar-refractivity contribution >= 4 is 32.5 Å². The van der Waals surface area contributed by atoms with E-state index in [1.54, 1.807) is 60.8 Å². The van der Waals surface area contributed by atoms with Gasteiger partial charge in [0.15, 0.2) is 0 Å². The summed E-state index contributed by atoms with van der Waals surface area (Å²) in [5.41, 5.74) is 0.580. The highest BCUT2D eigenvalue weighted by atomic mass is 35.5. The lowest BCUT2D eigenvalue weighted by Crippen LogP contribution is -2.11. The van der Waals surface area contributed by atoms with E-state index < -0.39 is 10.0 Å². The van der Waals surface area contributed by atoms with Crippen LogP contribution in [-0.2, 0) is 10.0 Å². The van der Waals surface area contributed by atoms with Crippen LogP contribution in [0.15, 0.2) is 65.7 Å². The van der Waals surface area contributed by atoms with Crippen LogP contribution in [0.25, 0.3) is 10.9 Å². The molecule has 0 fully saturated rings. The third-order valence-corrected chi connectivity index (χ3v) is 5.15. The van der Waals surface area contributed by atoms with Gasteiger partial charge < -0.3 is 4.74 Å². The number of ether oxygens (including phenoxy) is 1. The summed E-state index contributed by atoms with van der Waals surface area (Å²) in [6.45, 7) is 0.372. The average Bonchev–Trinajstić information content (AvgIpc) is 2.99. The van der Waals surface area contributed by atoms with E-state index in [4.69, 9.17) is 16.3 Å². The number of rotatable bonds is 5. The van der Waals surface area contributed by atoms with Gasteiger partial charge in [0.1, 0.15) is 12.4 Å². The molecule has 0 N–H and O–H groups in total. The largest absolute Gasteiger partial charge is 0.492 e. The van der Waals surface area contributed by atoms with Crippen molar-refractivity contribution in [3.05, 3.63) is 60.8 Å². The second-order valence-corrected chi connectivity index (χ2v) is 6.85. The minimum Gasteiger partial charge on any atom is -0.492 e. The summed E-state index contributed by atoms with van der Waals surface area (Å²) in [7, 11) is -3.62. The maximum absolute atomic E-state index is 12.7. The molecule has 6 heteroatoms. The molecule has 0 saturated carbocycles. The van der Waals surface area contributed by atoms with Crippen LogP contribution in [0.5, 0.6) is 5.75 Å². The van der Waals surface area contributed by atoms with Gasteiger partial charge in [0, 0.05) is 11.6 Å². The topological polar surface area (TPSA) is 48.3 Å². The van der Waals surface area contributed by atoms with Gasteiger partial charge in [0.2, 0.25) is 0 Å². The number of hydrogen-bond acceptors (Lipinski definition) is 3. The molecule has 1 heterocycles. The molecule has 0 amide bonds. The predicted octanol–water partition coefficient (Wildman–Crippen LogP) is 3.50. The molecule has 0 aliphatic heterocycles. The Morgan fingerprint density at radius 1 is 1.00 bits per heavy atom. The van der Waals surface area contributed by atoms with Crippen molar-refractivity contribution in [2.75, 3.05) is 12.5 Å². The summed E-state index contributed by atoms with van der Waals surface area (Å²) in [5, 5.41) is 0.743. The second-order valence-electron chi connectivity index (χ2n) is 4.66. The van der Waals surface area contributed by atoms with Crippen LogP contribution in [-0.4, -0.2) is 24.9 Å². The lowest BCUT2D eigenvalue weighted by atomic mass is 10.2. The van der Waals surface area contributed by atoms with Gasteiger partial charge >= 0.3 is 0 Å². The summed E-state index contributed by atoms with van der Waals surface area (Å²) in [6.07, 6.45) is 1.54. The van der Waals surface area contributed by atoms with Gasteiger partial charge in [-0.3, -0.25) is 0 Å². The number of alkyl halides is 1. The zero-order chi connectivity index (χ0) is 15.6. The lowest BCUT2D eigenvalue weighted by molar-refractivity contribution is 0.347. The number of hydrogen-bond donors (Lipinski definition) is 0. The molecule has 114 valence electrons. The maximum Gasteiger partial charge on any atom is 0.268 e. The van der Waals surface area contributed by atoms with Crippen LogP contribution < -0.4 is 4.74 Å². The highest BCUT2D eigenvalue weighted by Crippen LogP contribution is 2.29. The lowest BCUT2D eigenvalue weighted by Gasteiger charge is -2.09. The molecule has 0 atom stereocenters. The Balaban J connectivity index is 2.13. The molecule has 0 aliphatic carbocycles. The zero-order valence-corrected chi connectivity index (χ0v) is 13.2. The van der Waals surface area contributed by atoms with Gasteiger partial charge in [-0.15, -0.1) is 11.6 Å². The van der Waals surface area contributed by atoms with Crippen molar-refractivity contribution in [2.24, 2.45) is 0 Å². The minimum absolute atomic E-state index is 0.250. The van der Waals surface area contributed by atoms with Gasteiger partial charge in [0.25, 0.3) is 10.0 Å². The Labute approximate surface area is 133 Å². The van der Waals surface area contributed by atoms with Gasteiger partial charge in [-0.1, -0.05) is 24.3 Å². The third-order valence-electron chi connectivity index (χ3n) is 3.29. The minimum atomic E-state index is -3.62. The molecule has 0 radical (unpaired) electrons. The van der Waals surface area contributed by atoms with Gasteiger partial charge in [0.05, 0.1) is 16.3 Å². The molecule has 3 rings (SSSR count). The van der Waals surface area contributed by atoms with E-state index in [1.165, 1.54) is 3.97 Å². The molecular weight excluding hydrogens is 322 g/mol. The SMILES string of the molecule is O=S(=O)(c1ccccc1)n1ccc2c(OCCCl)cccc21. The molecule has 0 bridgehead atoms. The number of halogens is 1. The quantitative estimate of drug-likeness (QED) is 0.670. The van der Waals surface area contributed by atoms with E-state index in [0.717, 1.165) is 5.39 Å². The third kappa shape index (κ3) is 2.58. The van der Waals surface area contributed by atoms with Crippen molar-refractivity contribution < 1.29 is 13.2 Å². The molecule has 3 aromatic rings. The molecule has 0 unspecified atom stereocenters. The Bertz CT molecular complexity index is 888. The first kappa shape index (κ1) is 14.9. The first-order valence-electron chi connectivity index (χ1n) is 6.74. The number of fused-ring (bicyclic) bond motifs is 1. The summed E-state index contributed by atoms with van der Waals surface area (Å²) in [6, 6.07) is 15.4. The van der Waals surface area contributed by atoms with Crippen LogP contribution in [0.4, 0.5) is 0 Å². The van der Waals surface area contributed by atoms with Crippen LogP contribution in [0, 0.1) is 0 Å². The fraction of sp³-hybridized carbons (Fsp3) is 0.125. The van der Waals surface area contributed by atoms with Crippen molar-refractivity contribution in [1.82, 2.24) is 3.97 Å². The zero-order valence-electron chi connectivity index (χ0n) is 11.6. The van der Waals surface area contributed by atoms with E-state index in [9.17, 15) is 8.42 Å². The molecule has 2 aromatic carbocycles. The normalized spacial score (nSPS) is 11.7. The predicted molar refractivity (Wildman–Crippen MR) is 87.2 cm³/mol. The Morgan fingerprint density at radius 2 is 1.77 bits per heavy atom. The number of nitrogens with zero attached hydrogens (tertiary/aromatic N) is 1. The molecule has 0 spiro atoms. The van der Waals surface area contributed by atoms with Gasteiger partial charge in [-0.2, -0.15) is 0 Å². The second kappa shape index (κ2) is 6.02. The van der Waals surface area contributed by atoms with E-state index in [-0.39, 0.29) is 4.90 Å². The summed E-state index contributed by atoms with van der Waals surface area (Å²) in [4.78, 5) is 0.250. The first-order chi connectivity index (χ1) is 10.6. The molecule has 1 aromatic heterocycles. The van der Waals surface area contributed by atoms with E-state index in [0.29, 0.717) is 23.8 Å². The van der Waals surface area contributed by atoms with E-state index in [1.807, 2.05) is 0 Å². The van der Waals surface area contributed by atoms with Crippen LogP contribution in [0.3, 0.4) is 0 Å². The fourth-order valence-electron chi connectivity index (χ4n) is 2.30. The Morgan fingerprint density at radius 3 is 2.50 bits per heavy atom. The Kier molecular flexibility index (Phi) is 4.09. The smallest absolute Gasteiger partial charge is 0.268 e. The van der Waals surface area contributed by atoms with E-state index >= 15 is 0 Å². The highest BCUT2D eigenvalue weighted by molar-refractivity contribution is 7.90. The standard InChI is InChI=1S/C16H14ClNO3S/c17-10-12-21-16-8-4-7-15-14(16)9-11-18(15)22(19,20)13-5-2-1-3-6-13/h1-9,11H,10,12H2. The van der Waals surface area contributed by atoms with Crippen molar-refractivity contribution in [3.8, 4) is 5.75 Å². The van der Waals surface area contributed by atoms with Gasteiger partial charge in [-0.25, -0.2) is 12.4 Å². The maximum atomic E-state index is 12.7. The van der Waals surface area contributed by atoms with Crippen LogP contribution in [0.1, 0.15) is 0 Å². The Hall–Kier alpha value is -1.98. The first-order valence-corrected chi connectivity index (χ1v) is 8.71. The summed E-state index contributed by atoms with van der Waals surface area (Å²) in [5.74, 6) is 1.000. The molecular formula is C16H14ClNO3S. The van der Waals surface area contributed by atoms with Crippen LogP contribution >= 0.6 is 11.6 Å². The highest BCUT2D eigenvalue weighted by Gasteiger charge is 2.19. The van der Waals surface area contributed by atoms with Crippen LogP contribution in [0.2, 0.25) is 0 Å².